The maximum atomic E-state index is 13.7. The summed E-state index contributed by atoms with van der Waals surface area (Å²) in [5, 5.41) is 0.776. The fourth-order valence-electron chi connectivity index (χ4n) is 2.39. The Morgan fingerprint density at radius 3 is 2.84 bits per heavy atom. The molecule has 1 aromatic heterocycles. The number of ether oxygens (including phenoxy) is 1. The largest absolute Gasteiger partial charge is 0.494 e. The van der Waals surface area contributed by atoms with Crippen LogP contribution in [0.1, 0.15) is 10.6 Å². The highest BCUT2D eigenvalue weighted by Crippen LogP contribution is 2.22. The monoisotopic (exact) mass is 356 g/mol. The highest BCUT2D eigenvalue weighted by atomic mass is 32.1. The van der Waals surface area contributed by atoms with Crippen LogP contribution in [0.5, 0.6) is 5.75 Å². The number of aromatic nitrogens is 1. The summed E-state index contributed by atoms with van der Waals surface area (Å²) in [5.74, 6) is -0.421. The van der Waals surface area contributed by atoms with E-state index < -0.39 is 5.82 Å². The predicted molar refractivity (Wildman–Crippen MR) is 98.1 cm³/mol. The average molecular weight is 356 g/mol. The SMILES string of the molecule is COc1ccc(CN(C)C(=O)/C=C/c2nc3ccccc3s2)cc1F. The van der Waals surface area contributed by atoms with Crippen LogP contribution in [0.2, 0.25) is 0 Å². The van der Waals surface area contributed by atoms with Crippen molar-refractivity contribution in [2.75, 3.05) is 14.2 Å². The Kier molecular flexibility index (Phi) is 5.09. The van der Waals surface area contributed by atoms with Crippen molar-refractivity contribution >= 4 is 33.5 Å². The van der Waals surface area contributed by atoms with Crippen LogP contribution in [-0.2, 0) is 11.3 Å². The van der Waals surface area contributed by atoms with Crippen LogP contribution in [-0.4, -0.2) is 29.9 Å². The lowest BCUT2D eigenvalue weighted by molar-refractivity contribution is -0.125. The third-order valence-electron chi connectivity index (χ3n) is 3.69. The van der Waals surface area contributed by atoms with Crippen molar-refractivity contribution in [2.24, 2.45) is 0 Å². The number of thiazole rings is 1. The van der Waals surface area contributed by atoms with Crippen LogP contribution < -0.4 is 4.74 Å². The Labute approximate surface area is 149 Å². The second-order valence-electron chi connectivity index (χ2n) is 5.52. The number of halogens is 1. The zero-order valence-electron chi connectivity index (χ0n) is 13.9. The second-order valence-corrected chi connectivity index (χ2v) is 6.58. The molecule has 0 saturated carbocycles. The van der Waals surface area contributed by atoms with Gasteiger partial charge in [0.15, 0.2) is 11.6 Å². The van der Waals surface area contributed by atoms with Gasteiger partial charge in [-0.05, 0) is 35.9 Å². The van der Waals surface area contributed by atoms with Gasteiger partial charge in [0.05, 0.1) is 17.3 Å². The zero-order chi connectivity index (χ0) is 17.8. The van der Waals surface area contributed by atoms with Gasteiger partial charge >= 0.3 is 0 Å². The Morgan fingerprint density at radius 1 is 1.32 bits per heavy atom. The van der Waals surface area contributed by atoms with Crippen LogP contribution >= 0.6 is 11.3 Å². The molecule has 4 nitrogen and oxygen atoms in total. The van der Waals surface area contributed by atoms with Crippen molar-refractivity contribution in [3.05, 3.63) is 64.9 Å². The minimum atomic E-state index is -0.439. The molecule has 2 aromatic carbocycles. The van der Waals surface area contributed by atoms with Gasteiger partial charge in [-0.1, -0.05) is 18.2 Å². The molecule has 1 amide bonds. The van der Waals surface area contributed by atoms with Crippen molar-refractivity contribution in [1.29, 1.82) is 0 Å². The summed E-state index contributed by atoms with van der Waals surface area (Å²) in [7, 11) is 3.09. The third-order valence-corrected chi connectivity index (χ3v) is 4.69. The molecule has 0 fully saturated rings. The summed E-state index contributed by atoms with van der Waals surface area (Å²) in [6, 6.07) is 12.5. The van der Waals surface area contributed by atoms with Crippen LogP contribution in [0, 0.1) is 5.82 Å². The summed E-state index contributed by atoms with van der Waals surface area (Å²) >= 11 is 1.53. The van der Waals surface area contributed by atoms with Crippen molar-refractivity contribution < 1.29 is 13.9 Å². The van der Waals surface area contributed by atoms with Crippen LogP contribution in [0.25, 0.3) is 16.3 Å². The van der Waals surface area contributed by atoms with Gasteiger partial charge in [-0.3, -0.25) is 4.79 Å². The van der Waals surface area contributed by atoms with E-state index >= 15 is 0 Å². The maximum absolute atomic E-state index is 13.7. The molecule has 0 spiro atoms. The molecule has 0 bridgehead atoms. The van der Waals surface area contributed by atoms with Crippen molar-refractivity contribution in [3.63, 3.8) is 0 Å². The molecule has 0 atom stereocenters. The number of likely N-dealkylation sites (N-methyl/N-ethyl adjacent to an activating group) is 1. The number of carbonyl (C=O) groups is 1. The number of rotatable bonds is 5. The quantitative estimate of drug-likeness (QED) is 0.646. The number of amides is 1. The highest BCUT2D eigenvalue weighted by Gasteiger charge is 2.09. The number of carbonyl (C=O) groups excluding carboxylic acids is 1. The first-order valence-corrected chi connectivity index (χ1v) is 8.49. The topological polar surface area (TPSA) is 42.4 Å². The van der Waals surface area contributed by atoms with E-state index in [1.807, 2.05) is 24.3 Å². The van der Waals surface area contributed by atoms with E-state index in [4.69, 9.17) is 4.74 Å². The lowest BCUT2D eigenvalue weighted by Crippen LogP contribution is -2.24. The summed E-state index contributed by atoms with van der Waals surface area (Å²) in [4.78, 5) is 18.2. The molecule has 1 heterocycles. The summed E-state index contributed by atoms with van der Waals surface area (Å²) in [6.45, 7) is 0.309. The van der Waals surface area contributed by atoms with Gasteiger partial charge in [0.2, 0.25) is 5.91 Å². The number of fused-ring (bicyclic) bond motifs is 1. The molecule has 3 aromatic rings. The standard InChI is InChI=1S/C19H17FN2O2S/c1-22(12-13-7-8-16(24-2)14(20)11-13)19(23)10-9-18-21-15-5-3-4-6-17(15)25-18/h3-11H,12H2,1-2H3/b10-9+. The average Bonchev–Trinajstić information content (AvgIpc) is 3.02. The molecule has 6 heteroatoms. The fraction of sp³-hybridized carbons (Fsp3) is 0.158. The summed E-state index contributed by atoms with van der Waals surface area (Å²) in [5.41, 5.74) is 1.61. The second kappa shape index (κ2) is 7.44. The molecule has 0 N–H and O–H groups in total. The lowest BCUT2D eigenvalue weighted by Gasteiger charge is -2.15. The molecule has 128 valence electrons. The minimum Gasteiger partial charge on any atom is -0.494 e. The van der Waals surface area contributed by atoms with E-state index in [9.17, 15) is 9.18 Å². The van der Waals surface area contributed by atoms with Gasteiger partial charge in [0.25, 0.3) is 0 Å². The van der Waals surface area contributed by atoms with E-state index in [-0.39, 0.29) is 11.7 Å². The number of para-hydroxylation sites is 1. The van der Waals surface area contributed by atoms with E-state index in [0.717, 1.165) is 15.2 Å². The van der Waals surface area contributed by atoms with Gasteiger partial charge < -0.3 is 9.64 Å². The zero-order valence-corrected chi connectivity index (χ0v) is 14.7. The van der Waals surface area contributed by atoms with Crippen LogP contribution in [0.3, 0.4) is 0 Å². The van der Waals surface area contributed by atoms with Gasteiger partial charge in [-0.15, -0.1) is 11.3 Å². The van der Waals surface area contributed by atoms with E-state index in [1.54, 1.807) is 25.3 Å². The van der Waals surface area contributed by atoms with Crippen LogP contribution in [0.4, 0.5) is 4.39 Å². The number of benzene rings is 2. The molecule has 3 rings (SSSR count). The molecule has 25 heavy (non-hydrogen) atoms. The Hall–Kier alpha value is -2.73. The number of nitrogens with zero attached hydrogens (tertiary/aromatic N) is 2. The van der Waals surface area contributed by atoms with Gasteiger partial charge in [-0.25, -0.2) is 9.37 Å². The fourth-order valence-corrected chi connectivity index (χ4v) is 3.26. The van der Waals surface area contributed by atoms with Gasteiger partial charge in [-0.2, -0.15) is 0 Å². The molecule has 0 aliphatic heterocycles. The molecule has 0 aliphatic rings. The minimum absolute atomic E-state index is 0.171. The molecule has 0 saturated heterocycles. The Balaban J connectivity index is 1.66. The Bertz CT molecular complexity index is 903. The first-order chi connectivity index (χ1) is 12.1. The molecular weight excluding hydrogens is 339 g/mol. The number of hydrogen-bond donors (Lipinski definition) is 0. The molecule has 0 unspecified atom stereocenters. The van der Waals surface area contributed by atoms with Crippen molar-refractivity contribution in [2.45, 2.75) is 6.54 Å². The van der Waals surface area contributed by atoms with Crippen molar-refractivity contribution in [1.82, 2.24) is 9.88 Å². The lowest BCUT2D eigenvalue weighted by atomic mass is 10.2. The van der Waals surface area contributed by atoms with Crippen LogP contribution in [0.15, 0.2) is 48.5 Å². The first-order valence-electron chi connectivity index (χ1n) is 7.68. The Morgan fingerprint density at radius 2 is 2.12 bits per heavy atom. The maximum Gasteiger partial charge on any atom is 0.246 e. The van der Waals surface area contributed by atoms with Crippen molar-refractivity contribution in [3.8, 4) is 5.75 Å². The van der Waals surface area contributed by atoms with E-state index in [0.29, 0.717) is 12.1 Å². The third kappa shape index (κ3) is 4.03. The normalized spacial score (nSPS) is 11.2. The predicted octanol–water partition coefficient (Wildman–Crippen LogP) is 4.12. The smallest absolute Gasteiger partial charge is 0.246 e. The molecule has 0 aliphatic carbocycles. The first kappa shape index (κ1) is 17.1. The van der Waals surface area contributed by atoms with Gasteiger partial charge in [0.1, 0.15) is 5.01 Å². The number of hydrogen-bond acceptors (Lipinski definition) is 4. The van der Waals surface area contributed by atoms with E-state index in [1.165, 1.54) is 35.5 Å². The van der Waals surface area contributed by atoms with Gasteiger partial charge in [0, 0.05) is 19.7 Å². The molecular formula is C19H17FN2O2S. The number of methoxy groups -OCH3 is 1. The summed E-state index contributed by atoms with van der Waals surface area (Å²) < 4.78 is 19.7. The summed E-state index contributed by atoms with van der Waals surface area (Å²) in [6.07, 6.45) is 3.19. The highest BCUT2D eigenvalue weighted by molar-refractivity contribution is 7.19. The van der Waals surface area contributed by atoms with E-state index in [2.05, 4.69) is 4.98 Å². The molecule has 0 radical (unpaired) electrons.